The van der Waals surface area contributed by atoms with Crippen LogP contribution in [0.4, 0.5) is 0 Å². The first kappa shape index (κ1) is 16.8. The molecule has 0 fully saturated rings. The number of aromatic nitrogens is 3. The Morgan fingerprint density at radius 1 is 1.41 bits per heavy atom. The highest BCUT2D eigenvalue weighted by molar-refractivity contribution is 8.00. The molecule has 0 unspecified atom stereocenters. The molecule has 0 radical (unpaired) electrons. The van der Waals surface area contributed by atoms with Crippen molar-refractivity contribution in [1.29, 1.82) is 0 Å². The van der Waals surface area contributed by atoms with Crippen molar-refractivity contribution in [2.24, 2.45) is 5.10 Å². The summed E-state index contributed by atoms with van der Waals surface area (Å²) in [6.07, 6.45) is -4.85. The molecule has 1 aliphatic heterocycles. The highest BCUT2D eigenvalue weighted by Crippen LogP contribution is 2.26. The number of thioether (sulfide) groups is 1. The Labute approximate surface area is 129 Å². The second kappa shape index (κ2) is 7.15. The van der Waals surface area contributed by atoms with Crippen molar-refractivity contribution in [3.05, 3.63) is 5.82 Å². The van der Waals surface area contributed by atoms with Crippen LogP contribution in [0.3, 0.4) is 0 Å². The molecular formula is C11H16N4O6S. The van der Waals surface area contributed by atoms with Crippen molar-refractivity contribution in [2.45, 2.75) is 30.4 Å². The van der Waals surface area contributed by atoms with Gasteiger partial charge in [-0.25, -0.2) is 4.79 Å². The van der Waals surface area contributed by atoms with Crippen molar-refractivity contribution in [3.8, 4) is 0 Å². The van der Waals surface area contributed by atoms with E-state index in [0.717, 1.165) is 4.68 Å². The number of carbonyl (C=O) groups excluding carboxylic acids is 1. The number of rotatable bonds is 6. The Kier molecular flexibility index (Phi) is 5.47. The molecule has 10 nitrogen and oxygen atoms in total. The van der Waals surface area contributed by atoms with Gasteiger partial charge in [-0.1, -0.05) is 11.8 Å². The highest BCUT2D eigenvalue weighted by Gasteiger charge is 2.32. The fourth-order valence-corrected chi connectivity index (χ4v) is 2.51. The van der Waals surface area contributed by atoms with Crippen LogP contribution in [-0.4, -0.2) is 78.2 Å². The van der Waals surface area contributed by atoms with Crippen molar-refractivity contribution >= 4 is 23.4 Å². The predicted molar refractivity (Wildman–Crippen MR) is 74.3 cm³/mol. The zero-order valence-corrected chi connectivity index (χ0v) is 12.5. The topological polar surface area (TPSA) is 150 Å². The van der Waals surface area contributed by atoms with Crippen LogP contribution in [0.1, 0.15) is 18.9 Å². The standard InChI is InChI=1S/C11H16N4O6S/c1-2-21-10(20)5-4-22-11-13-12-9(15(11)14-5)8(19)7(18)6(17)3-16/h6-8,16-19H,2-4H2,1H3/t6-,7-,8+/m1/s1. The monoisotopic (exact) mass is 332 g/mol. The molecule has 11 heteroatoms. The van der Waals surface area contributed by atoms with Crippen LogP contribution in [0.5, 0.6) is 0 Å². The maximum Gasteiger partial charge on any atom is 0.355 e. The predicted octanol–water partition coefficient (Wildman–Crippen LogP) is -2.10. The molecule has 122 valence electrons. The van der Waals surface area contributed by atoms with Crippen molar-refractivity contribution in [2.75, 3.05) is 19.0 Å². The summed E-state index contributed by atoms with van der Waals surface area (Å²) >= 11 is 1.17. The molecule has 1 aromatic heterocycles. The molecule has 0 aliphatic carbocycles. The van der Waals surface area contributed by atoms with Gasteiger partial charge in [-0.3, -0.25) is 0 Å². The van der Waals surface area contributed by atoms with Gasteiger partial charge >= 0.3 is 5.97 Å². The first-order valence-corrected chi connectivity index (χ1v) is 7.46. The van der Waals surface area contributed by atoms with Gasteiger partial charge in [-0.2, -0.15) is 9.78 Å². The zero-order chi connectivity index (χ0) is 16.3. The molecule has 3 atom stereocenters. The van der Waals surface area contributed by atoms with Gasteiger partial charge in [0.05, 0.1) is 19.0 Å². The molecule has 0 spiro atoms. The third-order valence-electron chi connectivity index (χ3n) is 2.88. The van der Waals surface area contributed by atoms with Gasteiger partial charge < -0.3 is 25.2 Å². The van der Waals surface area contributed by atoms with Crippen LogP contribution < -0.4 is 0 Å². The summed E-state index contributed by atoms with van der Waals surface area (Å²) in [5, 5.41) is 49.8. The Morgan fingerprint density at radius 2 is 2.14 bits per heavy atom. The highest BCUT2D eigenvalue weighted by atomic mass is 32.2. The summed E-state index contributed by atoms with van der Waals surface area (Å²) in [6.45, 7) is 1.14. The van der Waals surface area contributed by atoms with Gasteiger partial charge in [0.1, 0.15) is 18.3 Å². The largest absolute Gasteiger partial charge is 0.461 e. The molecule has 22 heavy (non-hydrogen) atoms. The fraction of sp³-hybridized carbons (Fsp3) is 0.636. The lowest BCUT2D eigenvalue weighted by molar-refractivity contribution is -0.135. The van der Waals surface area contributed by atoms with E-state index in [1.165, 1.54) is 11.8 Å². The number of aliphatic hydroxyl groups excluding tert-OH is 4. The van der Waals surface area contributed by atoms with Crippen LogP contribution in [0.25, 0.3) is 0 Å². The Hall–Kier alpha value is -1.53. The van der Waals surface area contributed by atoms with Gasteiger partial charge in [0.25, 0.3) is 0 Å². The number of ether oxygens (including phenoxy) is 1. The van der Waals surface area contributed by atoms with E-state index in [0.29, 0.717) is 5.16 Å². The summed E-state index contributed by atoms with van der Waals surface area (Å²) in [5.41, 5.74) is 0.116. The first-order chi connectivity index (χ1) is 10.5. The molecule has 0 bridgehead atoms. The summed E-state index contributed by atoms with van der Waals surface area (Å²) in [4.78, 5) is 11.7. The van der Waals surface area contributed by atoms with E-state index in [1.54, 1.807) is 6.92 Å². The summed E-state index contributed by atoms with van der Waals surface area (Å²) in [5.74, 6) is -0.496. The number of nitrogens with zero attached hydrogens (tertiary/aromatic N) is 4. The van der Waals surface area contributed by atoms with E-state index in [-0.39, 0.29) is 23.9 Å². The van der Waals surface area contributed by atoms with E-state index < -0.39 is 30.9 Å². The lowest BCUT2D eigenvalue weighted by atomic mass is 10.1. The molecule has 0 amide bonds. The molecule has 2 rings (SSSR count). The number of carbonyl (C=O) groups is 1. The Balaban J connectivity index is 2.28. The van der Waals surface area contributed by atoms with Gasteiger partial charge in [-0.15, -0.1) is 10.2 Å². The van der Waals surface area contributed by atoms with Crippen LogP contribution in [-0.2, 0) is 9.53 Å². The molecule has 1 aromatic rings. The minimum Gasteiger partial charge on any atom is -0.461 e. The van der Waals surface area contributed by atoms with Crippen molar-refractivity contribution in [1.82, 2.24) is 14.9 Å². The summed E-state index contributed by atoms with van der Waals surface area (Å²) < 4.78 is 5.96. The number of aliphatic hydroxyl groups is 4. The van der Waals surface area contributed by atoms with E-state index in [9.17, 15) is 20.1 Å². The van der Waals surface area contributed by atoms with Crippen LogP contribution in [0, 0.1) is 0 Å². The molecule has 0 saturated carbocycles. The zero-order valence-electron chi connectivity index (χ0n) is 11.7. The molecular weight excluding hydrogens is 316 g/mol. The number of fused-ring (bicyclic) bond motifs is 1. The van der Waals surface area contributed by atoms with Gasteiger partial charge in [-0.05, 0) is 6.92 Å². The number of esters is 1. The fourth-order valence-electron chi connectivity index (χ4n) is 1.71. The third-order valence-corrected chi connectivity index (χ3v) is 3.81. The minimum atomic E-state index is -1.67. The molecule has 2 heterocycles. The van der Waals surface area contributed by atoms with Crippen LogP contribution in [0.15, 0.2) is 10.3 Å². The van der Waals surface area contributed by atoms with Crippen LogP contribution >= 0.6 is 11.8 Å². The SMILES string of the molecule is CCOC(=O)C1=Nn2c(nnc2[C@@H](O)[C@H](O)[C@H](O)CO)SC1. The number of hydrogen-bond acceptors (Lipinski definition) is 10. The second-order valence-corrected chi connectivity index (χ2v) is 5.34. The van der Waals surface area contributed by atoms with E-state index >= 15 is 0 Å². The smallest absolute Gasteiger partial charge is 0.355 e. The van der Waals surface area contributed by atoms with Gasteiger partial charge in [0, 0.05) is 0 Å². The van der Waals surface area contributed by atoms with Gasteiger partial charge in [0.2, 0.25) is 5.16 Å². The normalized spacial score (nSPS) is 18.1. The minimum absolute atomic E-state index is 0.116. The average Bonchev–Trinajstić information content (AvgIpc) is 2.95. The lowest BCUT2D eigenvalue weighted by Gasteiger charge is -2.21. The van der Waals surface area contributed by atoms with Crippen molar-refractivity contribution in [3.63, 3.8) is 0 Å². The van der Waals surface area contributed by atoms with Crippen LogP contribution in [0.2, 0.25) is 0 Å². The molecule has 0 aromatic carbocycles. The third kappa shape index (κ3) is 3.28. The Bertz CT molecular complexity index is 577. The van der Waals surface area contributed by atoms with E-state index in [4.69, 9.17) is 9.84 Å². The molecule has 1 aliphatic rings. The lowest BCUT2D eigenvalue weighted by Crippen LogP contribution is -2.36. The van der Waals surface area contributed by atoms with E-state index in [1.807, 2.05) is 0 Å². The summed E-state index contributed by atoms with van der Waals surface area (Å²) in [7, 11) is 0. The Morgan fingerprint density at radius 3 is 2.77 bits per heavy atom. The van der Waals surface area contributed by atoms with Crippen molar-refractivity contribution < 1.29 is 30.0 Å². The van der Waals surface area contributed by atoms with E-state index in [2.05, 4.69) is 15.3 Å². The number of hydrogen-bond donors (Lipinski definition) is 4. The maximum atomic E-state index is 11.7. The molecule has 0 saturated heterocycles. The maximum absolute atomic E-state index is 11.7. The first-order valence-electron chi connectivity index (χ1n) is 6.47. The quantitative estimate of drug-likeness (QED) is 0.429. The van der Waals surface area contributed by atoms with Gasteiger partial charge in [0.15, 0.2) is 11.5 Å². The molecule has 4 N–H and O–H groups in total. The average molecular weight is 332 g/mol. The second-order valence-electron chi connectivity index (χ2n) is 4.39. The summed E-state index contributed by atoms with van der Waals surface area (Å²) in [6, 6.07) is 0.